The maximum Gasteiger partial charge on any atom is 0.261 e. The average Bonchev–Trinajstić information content (AvgIpc) is 2.45. The number of hydrogen-bond donors (Lipinski definition) is 1. The van der Waals surface area contributed by atoms with Crippen molar-refractivity contribution in [3.63, 3.8) is 0 Å². The summed E-state index contributed by atoms with van der Waals surface area (Å²) in [5.41, 5.74) is 2.17. The van der Waals surface area contributed by atoms with Crippen molar-refractivity contribution in [1.29, 1.82) is 0 Å². The van der Waals surface area contributed by atoms with Crippen molar-refractivity contribution >= 4 is 10.0 Å². The molecule has 0 bridgehead atoms. The van der Waals surface area contributed by atoms with E-state index in [-0.39, 0.29) is 4.90 Å². The molecular weight excluding hydrogens is 270 g/mol. The van der Waals surface area contributed by atoms with Crippen LogP contribution < -0.4 is 4.72 Å². The van der Waals surface area contributed by atoms with Gasteiger partial charge in [-0.15, -0.1) is 0 Å². The number of benzene rings is 2. The van der Waals surface area contributed by atoms with Crippen LogP contribution in [0.1, 0.15) is 11.1 Å². The Morgan fingerprint density at radius 2 is 1.65 bits per heavy atom. The molecule has 0 unspecified atom stereocenters. The number of sulfonamides is 1. The van der Waals surface area contributed by atoms with E-state index in [9.17, 15) is 8.42 Å². The molecule has 2 aromatic carbocycles. The molecule has 0 heterocycles. The van der Waals surface area contributed by atoms with E-state index >= 15 is 0 Å². The molecule has 4 heteroatoms. The maximum absolute atomic E-state index is 12.0. The number of rotatable bonds is 5. The Hall–Kier alpha value is -2.07. The van der Waals surface area contributed by atoms with Gasteiger partial charge in [-0.3, -0.25) is 4.72 Å². The third kappa shape index (κ3) is 3.96. The molecule has 104 valence electrons. The molecule has 2 aromatic rings. The highest BCUT2D eigenvalue weighted by Crippen LogP contribution is 2.09. The summed E-state index contributed by atoms with van der Waals surface area (Å²) >= 11 is 0. The lowest BCUT2D eigenvalue weighted by Gasteiger charge is -2.04. The second-order valence-corrected chi connectivity index (χ2v) is 6.24. The Balaban J connectivity index is 1.97. The second-order valence-electron chi connectivity index (χ2n) is 4.53. The van der Waals surface area contributed by atoms with Crippen molar-refractivity contribution in [1.82, 2.24) is 4.72 Å². The summed E-state index contributed by atoms with van der Waals surface area (Å²) in [5.74, 6) is 0. The summed E-state index contributed by atoms with van der Waals surface area (Å²) in [6.45, 7) is 1.92. The minimum absolute atomic E-state index is 0.271. The van der Waals surface area contributed by atoms with Crippen LogP contribution in [0.4, 0.5) is 0 Å². The van der Waals surface area contributed by atoms with Crippen molar-refractivity contribution < 1.29 is 8.42 Å². The molecule has 0 saturated heterocycles. The molecule has 0 aliphatic rings. The van der Waals surface area contributed by atoms with E-state index in [1.54, 1.807) is 30.3 Å². The topological polar surface area (TPSA) is 46.2 Å². The van der Waals surface area contributed by atoms with E-state index in [2.05, 4.69) is 4.72 Å². The van der Waals surface area contributed by atoms with Gasteiger partial charge in [-0.1, -0.05) is 54.1 Å². The first kappa shape index (κ1) is 14.3. The van der Waals surface area contributed by atoms with Gasteiger partial charge in [-0.25, -0.2) is 8.42 Å². The van der Waals surface area contributed by atoms with E-state index in [0.717, 1.165) is 11.1 Å². The van der Waals surface area contributed by atoms with E-state index in [0.29, 0.717) is 6.42 Å². The van der Waals surface area contributed by atoms with Gasteiger partial charge in [0, 0.05) is 6.20 Å². The smallest absolute Gasteiger partial charge is 0.261 e. The zero-order chi connectivity index (χ0) is 14.4. The lowest BCUT2D eigenvalue weighted by molar-refractivity contribution is 0.590. The van der Waals surface area contributed by atoms with Crippen LogP contribution in [0.2, 0.25) is 0 Å². The van der Waals surface area contributed by atoms with Gasteiger partial charge >= 0.3 is 0 Å². The molecule has 0 fully saturated rings. The first-order valence-electron chi connectivity index (χ1n) is 6.36. The van der Waals surface area contributed by atoms with Crippen LogP contribution in [0.3, 0.4) is 0 Å². The van der Waals surface area contributed by atoms with Crippen LogP contribution in [0.15, 0.2) is 71.8 Å². The van der Waals surface area contributed by atoms with Crippen molar-refractivity contribution in [2.75, 3.05) is 0 Å². The Labute approximate surface area is 120 Å². The van der Waals surface area contributed by atoms with E-state index in [1.807, 2.05) is 37.3 Å². The fourth-order valence-corrected chi connectivity index (χ4v) is 2.64. The van der Waals surface area contributed by atoms with Crippen molar-refractivity contribution in [2.24, 2.45) is 0 Å². The SMILES string of the molecule is Cc1ccc(S(=O)(=O)NC=CCc2ccccc2)cc1. The Kier molecular flexibility index (Phi) is 4.58. The molecule has 0 amide bonds. The van der Waals surface area contributed by atoms with Crippen LogP contribution in [-0.2, 0) is 16.4 Å². The Morgan fingerprint density at radius 1 is 1.00 bits per heavy atom. The molecule has 0 aromatic heterocycles. The molecule has 0 spiro atoms. The second kappa shape index (κ2) is 6.39. The average molecular weight is 287 g/mol. The monoisotopic (exact) mass is 287 g/mol. The highest BCUT2D eigenvalue weighted by molar-refractivity contribution is 7.89. The van der Waals surface area contributed by atoms with E-state index in [1.165, 1.54) is 6.20 Å². The number of hydrogen-bond acceptors (Lipinski definition) is 2. The minimum atomic E-state index is -3.47. The molecule has 0 aliphatic heterocycles. The van der Waals surface area contributed by atoms with Gasteiger partial charge in [-0.05, 0) is 31.0 Å². The number of allylic oxidation sites excluding steroid dienone is 1. The van der Waals surface area contributed by atoms with Gasteiger partial charge in [-0.2, -0.15) is 0 Å². The fraction of sp³-hybridized carbons (Fsp3) is 0.125. The molecular formula is C16H17NO2S. The van der Waals surface area contributed by atoms with Crippen LogP contribution in [-0.4, -0.2) is 8.42 Å². The summed E-state index contributed by atoms with van der Waals surface area (Å²) in [6.07, 6.45) is 3.96. The zero-order valence-electron chi connectivity index (χ0n) is 11.3. The maximum atomic E-state index is 12.0. The predicted octanol–water partition coefficient (Wildman–Crippen LogP) is 3.03. The largest absolute Gasteiger partial charge is 0.287 e. The third-order valence-corrected chi connectivity index (χ3v) is 4.21. The standard InChI is InChI=1S/C16H17NO2S/c1-14-9-11-16(12-10-14)20(18,19)17-13-5-8-15-6-3-2-4-7-15/h2-7,9-13,17H,8H2,1H3. The first-order chi connectivity index (χ1) is 9.58. The Morgan fingerprint density at radius 3 is 2.30 bits per heavy atom. The van der Waals surface area contributed by atoms with Gasteiger partial charge in [0.2, 0.25) is 0 Å². The molecule has 3 nitrogen and oxygen atoms in total. The molecule has 1 N–H and O–H groups in total. The number of nitrogens with one attached hydrogen (secondary N) is 1. The quantitative estimate of drug-likeness (QED) is 0.918. The molecule has 0 aliphatic carbocycles. The predicted molar refractivity (Wildman–Crippen MR) is 80.8 cm³/mol. The highest BCUT2D eigenvalue weighted by Gasteiger charge is 2.10. The molecule has 0 atom stereocenters. The summed E-state index contributed by atoms with van der Waals surface area (Å²) in [4.78, 5) is 0.271. The molecule has 2 rings (SSSR count). The van der Waals surface area contributed by atoms with Crippen LogP contribution in [0, 0.1) is 6.92 Å². The number of aryl methyl sites for hydroxylation is 1. The van der Waals surface area contributed by atoms with Gasteiger partial charge < -0.3 is 0 Å². The summed E-state index contributed by atoms with van der Waals surface area (Å²) < 4.78 is 26.4. The van der Waals surface area contributed by atoms with Gasteiger partial charge in [0.15, 0.2) is 0 Å². The lowest BCUT2D eigenvalue weighted by atomic mass is 10.1. The van der Waals surface area contributed by atoms with Gasteiger partial charge in [0.1, 0.15) is 0 Å². The van der Waals surface area contributed by atoms with Crippen molar-refractivity contribution in [3.05, 3.63) is 78.0 Å². The van der Waals surface area contributed by atoms with E-state index in [4.69, 9.17) is 0 Å². The highest BCUT2D eigenvalue weighted by atomic mass is 32.2. The minimum Gasteiger partial charge on any atom is -0.287 e. The summed E-state index contributed by atoms with van der Waals surface area (Å²) in [6, 6.07) is 16.6. The molecule has 0 radical (unpaired) electrons. The normalized spacial score (nSPS) is 11.7. The van der Waals surface area contributed by atoms with Crippen molar-refractivity contribution in [2.45, 2.75) is 18.2 Å². The van der Waals surface area contributed by atoms with Crippen LogP contribution >= 0.6 is 0 Å². The first-order valence-corrected chi connectivity index (χ1v) is 7.84. The van der Waals surface area contributed by atoms with Crippen LogP contribution in [0.25, 0.3) is 0 Å². The molecule has 20 heavy (non-hydrogen) atoms. The Bertz CT molecular complexity index is 674. The zero-order valence-corrected chi connectivity index (χ0v) is 12.1. The summed E-state index contributed by atoms with van der Waals surface area (Å²) in [5, 5.41) is 0. The summed E-state index contributed by atoms with van der Waals surface area (Å²) in [7, 11) is -3.47. The fourth-order valence-electron chi connectivity index (χ4n) is 1.73. The third-order valence-electron chi connectivity index (χ3n) is 2.87. The lowest BCUT2D eigenvalue weighted by Crippen LogP contribution is -2.17. The van der Waals surface area contributed by atoms with Gasteiger partial charge in [0.25, 0.3) is 10.0 Å². The van der Waals surface area contributed by atoms with Crippen molar-refractivity contribution in [3.8, 4) is 0 Å². The molecule has 0 saturated carbocycles. The van der Waals surface area contributed by atoms with Gasteiger partial charge in [0.05, 0.1) is 4.90 Å². The van der Waals surface area contributed by atoms with Crippen LogP contribution in [0.5, 0.6) is 0 Å². The van der Waals surface area contributed by atoms with E-state index < -0.39 is 10.0 Å².